The lowest BCUT2D eigenvalue weighted by Crippen LogP contribution is -2.49. The summed E-state index contributed by atoms with van der Waals surface area (Å²) in [6.45, 7) is 9.83. The van der Waals surface area contributed by atoms with Crippen molar-refractivity contribution in [2.45, 2.75) is 95.4 Å². The van der Waals surface area contributed by atoms with Gasteiger partial charge < -0.3 is 34.7 Å². The maximum Gasteiger partial charge on any atom is 0.264 e. The Kier molecular flexibility index (Phi) is 12.4. The number of carbonyl (C=O) groups is 2. The summed E-state index contributed by atoms with van der Waals surface area (Å²) in [5.74, 6) is 0.220. The molecule has 13 nitrogen and oxygen atoms in total. The fraction of sp³-hybridized carbons (Fsp3) is 0.476. The van der Waals surface area contributed by atoms with Crippen molar-refractivity contribution in [1.82, 2.24) is 20.3 Å². The van der Waals surface area contributed by atoms with Gasteiger partial charge in [0.1, 0.15) is 5.75 Å². The van der Waals surface area contributed by atoms with Gasteiger partial charge in [-0.05, 0) is 112 Å². The number of nitrogens with one attached hydrogen (secondary N) is 1. The summed E-state index contributed by atoms with van der Waals surface area (Å²) in [5, 5.41) is 30.4. The lowest BCUT2D eigenvalue weighted by molar-refractivity contribution is -0.146. The Labute approximate surface area is 343 Å². The van der Waals surface area contributed by atoms with Crippen LogP contribution in [0.3, 0.4) is 0 Å². The number of aromatic nitrogens is 3. The van der Waals surface area contributed by atoms with E-state index in [1.165, 1.54) is 0 Å². The smallest absolute Gasteiger partial charge is 0.264 e. The van der Waals surface area contributed by atoms with Gasteiger partial charge in [0.05, 0.1) is 42.4 Å². The van der Waals surface area contributed by atoms with Crippen molar-refractivity contribution in [3.8, 4) is 5.75 Å². The number of ether oxygens (including phenoxy) is 2. The Hall–Kier alpha value is -3.96. The third-order valence-corrected chi connectivity index (χ3v) is 14.6. The van der Waals surface area contributed by atoms with Crippen LogP contribution in [-0.4, -0.2) is 88.6 Å². The van der Waals surface area contributed by atoms with Crippen LogP contribution in [-0.2, 0) is 45.9 Å². The topological polar surface area (TPSA) is 163 Å². The number of unbranched alkanes of at least 4 members (excludes halogenated alkanes) is 1. The highest BCUT2D eigenvalue weighted by Crippen LogP contribution is 2.60. The van der Waals surface area contributed by atoms with Crippen LogP contribution in [0.4, 0.5) is 17.1 Å². The van der Waals surface area contributed by atoms with Gasteiger partial charge in [0.15, 0.2) is 13.9 Å². The van der Waals surface area contributed by atoms with Crippen molar-refractivity contribution < 1.29 is 34.1 Å². The molecule has 4 N–H and O–H groups in total. The first-order valence-corrected chi connectivity index (χ1v) is 23.8. The first kappa shape index (κ1) is 41.2. The van der Waals surface area contributed by atoms with E-state index in [1.54, 1.807) is 14.5 Å². The van der Waals surface area contributed by atoms with Gasteiger partial charge >= 0.3 is 0 Å². The van der Waals surface area contributed by atoms with Gasteiger partial charge in [-0.2, -0.15) is 0 Å². The largest absolute Gasteiger partial charge is 0.494 e. The van der Waals surface area contributed by atoms with Crippen LogP contribution in [0.1, 0.15) is 55.5 Å². The Balaban J connectivity index is 1.16. The van der Waals surface area contributed by atoms with E-state index in [0.717, 1.165) is 44.7 Å². The van der Waals surface area contributed by atoms with Crippen molar-refractivity contribution in [3.63, 3.8) is 0 Å². The van der Waals surface area contributed by atoms with Crippen molar-refractivity contribution in [3.05, 3.63) is 93.7 Å². The maximum absolute atomic E-state index is 15.0. The zero-order chi connectivity index (χ0) is 40.5. The highest BCUT2D eigenvalue weighted by atomic mass is 79.9. The summed E-state index contributed by atoms with van der Waals surface area (Å²) >= 11 is 3.65. The van der Waals surface area contributed by atoms with E-state index in [4.69, 9.17) is 9.47 Å². The molecule has 0 bridgehead atoms. The molecule has 0 saturated carbocycles. The molecule has 304 valence electrons. The highest BCUT2D eigenvalue weighted by molar-refractivity contribution is 9.10. The van der Waals surface area contributed by atoms with E-state index >= 15 is 0 Å². The quantitative estimate of drug-likeness (QED) is 0.0853. The van der Waals surface area contributed by atoms with Gasteiger partial charge in [-0.15, -0.1) is 5.10 Å². The van der Waals surface area contributed by atoms with Crippen LogP contribution < -0.4 is 19.9 Å². The van der Waals surface area contributed by atoms with Gasteiger partial charge in [-0.3, -0.25) is 19.2 Å². The lowest BCUT2D eigenvalue weighted by atomic mass is 9.82. The van der Waals surface area contributed by atoms with Crippen molar-refractivity contribution in [1.29, 1.82) is 0 Å². The van der Waals surface area contributed by atoms with Gasteiger partial charge in [0, 0.05) is 59.6 Å². The number of anilines is 3. The number of nitrogens with zero attached hydrogens (tertiary/aromatic N) is 5. The van der Waals surface area contributed by atoms with Gasteiger partial charge in [-0.1, -0.05) is 40.2 Å². The molecule has 1 aromatic heterocycles. The van der Waals surface area contributed by atoms with Crippen molar-refractivity contribution in [2.75, 3.05) is 36.2 Å². The number of aliphatic hydroxyl groups excluding tert-OH is 2. The summed E-state index contributed by atoms with van der Waals surface area (Å²) in [7, 11) is -2.87. The third kappa shape index (κ3) is 8.07. The number of amides is 2. The predicted molar refractivity (Wildman–Crippen MR) is 223 cm³/mol. The molecule has 3 aliphatic heterocycles. The van der Waals surface area contributed by atoms with Gasteiger partial charge in [0.25, 0.3) is 5.91 Å². The van der Waals surface area contributed by atoms with E-state index in [9.17, 15) is 24.6 Å². The molecule has 1 unspecified atom stereocenters. The molecule has 5 atom stereocenters. The summed E-state index contributed by atoms with van der Waals surface area (Å²) < 4.78 is 15.4. The minimum atomic E-state index is -2.87. The minimum Gasteiger partial charge on any atom is -0.494 e. The molecule has 57 heavy (non-hydrogen) atoms. The summed E-state index contributed by atoms with van der Waals surface area (Å²) in [6, 6.07) is 19.0. The second-order valence-corrected chi connectivity index (χ2v) is 20.7. The Bertz CT molecular complexity index is 2080. The molecule has 3 aromatic carbocycles. The molecule has 1 saturated heterocycles. The molecule has 7 rings (SSSR count). The zero-order valence-electron chi connectivity index (χ0n) is 33.0. The molecule has 15 heteroatoms. The van der Waals surface area contributed by atoms with Crippen molar-refractivity contribution >= 4 is 53.1 Å². The van der Waals surface area contributed by atoms with Crippen LogP contribution in [0.5, 0.6) is 5.75 Å². The Morgan fingerprint density at radius 3 is 2.53 bits per heavy atom. The Morgan fingerprint density at radius 1 is 1.04 bits per heavy atom. The first-order valence-electron chi connectivity index (χ1n) is 19.9. The normalized spacial score (nSPS) is 23.1. The zero-order valence-corrected chi connectivity index (χ0v) is 35.6. The number of benzene rings is 3. The van der Waals surface area contributed by atoms with Crippen LogP contribution in [0, 0.1) is 5.92 Å². The second-order valence-electron chi connectivity index (χ2n) is 15.9. The highest BCUT2D eigenvalue weighted by Gasteiger charge is 2.66. The molecule has 1 spiro atoms. The third-order valence-electron chi connectivity index (χ3n) is 11.6. The van der Waals surface area contributed by atoms with E-state index in [2.05, 4.69) is 31.6 Å². The summed E-state index contributed by atoms with van der Waals surface area (Å²) in [4.78, 5) is 44.3. The number of hydrogen-bond acceptors (Lipinski definition) is 10. The SMILES string of the molecule is CCOc1ccc2c(c1)CC(NCCCCO)C(=O)N2c1ccc(CN2C(=O)[C@@]3(O[C@@H](CCn4cc(CCO)nn4)[C@H]([Si](C)(C)O)[C@H]3C)c3cc(Br)ccc32)cc1. The van der Waals surface area contributed by atoms with Crippen LogP contribution in [0.15, 0.2) is 71.3 Å². The van der Waals surface area contributed by atoms with Crippen LogP contribution in [0.2, 0.25) is 18.6 Å². The average molecular weight is 862 g/mol. The molecule has 4 heterocycles. The summed E-state index contributed by atoms with van der Waals surface area (Å²) in [5.41, 5.74) is 4.12. The fourth-order valence-corrected chi connectivity index (χ4v) is 12.0. The summed E-state index contributed by atoms with van der Waals surface area (Å²) in [6.07, 6.45) is 4.31. The minimum absolute atomic E-state index is 0.0112. The molecule has 4 aromatic rings. The number of hydrogen-bond donors (Lipinski definition) is 4. The number of carbonyl (C=O) groups excluding carboxylic acids is 2. The molecule has 3 aliphatic rings. The molecular weight excluding hydrogens is 808 g/mol. The Morgan fingerprint density at radius 2 is 1.81 bits per heavy atom. The van der Waals surface area contributed by atoms with E-state index in [1.807, 2.05) is 93.8 Å². The van der Waals surface area contributed by atoms with Crippen LogP contribution >= 0.6 is 15.9 Å². The molecule has 2 amide bonds. The van der Waals surface area contributed by atoms with Crippen LogP contribution in [0.25, 0.3) is 0 Å². The monoisotopic (exact) mass is 860 g/mol. The number of rotatable bonds is 16. The van der Waals surface area contributed by atoms with Gasteiger partial charge in [-0.25, -0.2) is 0 Å². The van der Waals surface area contributed by atoms with Gasteiger partial charge in [0.2, 0.25) is 5.91 Å². The standard InChI is InChI=1S/C42H53BrN6O7Si/c1-5-55-33-13-15-36-29(22-33)23-35(44-18-6-7-20-50)40(52)49(36)32-11-8-28(9-12-32)25-48-37-14-10-30(43)24-34(37)42(41(48)53)27(2)39(57(3,4)54)38(56-42)16-19-47-26-31(17-21-51)45-46-47/h8-15,22,24,26-27,35,38-39,44,50-51,54H,5-7,16-21,23,25H2,1-4H3/t27-,35?,38+,39-,42+/m1/s1. The predicted octanol–water partition coefficient (Wildman–Crippen LogP) is 5.36. The molecule has 0 aliphatic carbocycles. The number of fused-ring (bicyclic) bond motifs is 3. The average Bonchev–Trinajstić information content (AvgIpc) is 3.83. The number of aryl methyl sites for hydroxylation is 1. The second kappa shape index (κ2) is 17.1. The van der Waals surface area contributed by atoms with Crippen molar-refractivity contribution in [2.24, 2.45) is 5.92 Å². The lowest BCUT2D eigenvalue weighted by Gasteiger charge is -2.35. The van der Waals surface area contributed by atoms with E-state index in [-0.39, 0.29) is 43.0 Å². The fourth-order valence-electron chi connectivity index (χ4n) is 9.07. The molecular formula is C42H53BrN6O7Si. The molecule has 1 fully saturated rings. The molecule has 0 radical (unpaired) electrons. The first-order chi connectivity index (χ1) is 27.4. The maximum atomic E-state index is 15.0. The van der Waals surface area contributed by atoms with E-state index in [0.29, 0.717) is 56.8 Å². The van der Waals surface area contributed by atoms with E-state index < -0.39 is 26.1 Å². The number of aliphatic hydroxyl groups is 2. The number of halogens is 1.